The molecule has 104 valence electrons. The molecule has 0 atom stereocenters. The molecule has 0 bridgehead atoms. The number of halogens is 1. The molecule has 0 aliphatic carbocycles. The third kappa shape index (κ3) is 4.64. The lowest BCUT2D eigenvalue weighted by molar-refractivity contribution is 0.268. The molecule has 0 radical (unpaired) electrons. The molecular weight excluding hydrogens is 310 g/mol. The lowest BCUT2D eigenvalue weighted by atomic mass is 10.2. The molecule has 0 amide bonds. The van der Waals surface area contributed by atoms with Crippen molar-refractivity contribution in [2.24, 2.45) is 0 Å². The Morgan fingerprint density at radius 3 is 2.26 bits per heavy atom. The van der Waals surface area contributed by atoms with Gasteiger partial charge in [-0.05, 0) is 30.5 Å². The number of unbranched alkanes of at least 4 members (excludes halogenated alkanes) is 2. The highest BCUT2D eigenvalue weighted by atomic mass is 79.9. The fourth-order valence-electron chi connectivity index (χ4n) is 1.63. The molecule has 1 aromatic rings. The molecule has 19 heavy (non-hydrogen) atoms. The summed E-state index contributed by atoms with van der Waals surface area (Å²) in [6.07, 6.45) is 2.22. The number of alkyl halides is 1. The maximum absolute atomic E-state index is 8.47. The van der Waals surface area contributed by atoms with Gasteiger partial charge in [0.15, 0.2) is 11.5 Å². The molecule has 0 aliphatic rings. The molecule has 0 spiro atoms. The Hall–Kier alpha value is -1.41. The lowest BCUT2D eigenvalue weighted by Gasteiger charge is -2.15. The Morgan fingerprint density at radius 1 is 1.16 bits per heavy atom. The van der Waals surface area contributed by atoms with E-state index in [4.69, 9.17) is 19.5 Å². The summed E-state index contributed by atoms with van der Waals surface area (Å²) in [7, 11) is 3.21. The molecule has 0 aliphatic heterocycles. The minimum atomic E-state index is 0.544. The summed E-state index contributed by atoms with van der Waals surface area (Å²) < 4.78 is 16.4. The van der Waals surface area contributed by atoms with Crippen LogP contribution >= 0.6 is 15.9 Å². The number of benzene rings is 1. The van der Waals surface area contributed by atoms with Crippen molar-refractivity contribution in [3.05, 3.63) is 17.7 Å². The number of hydrogen-bond acceptors (Lipinski definition) is 4. The zero-order chi connectivity index (χ0) is 14.1. The van der Waals surface area contributed by atoms with E-state index in [1.54, 1.807) is 14.2 Å². The second kappa shape index (κ2) is 8.65. The molecule has 0 aromatic heterocycles. The smallest absolute Gasteiger partial charge is 0.203 e. The summed E-state index contributed by atoms with van der Waals surface area (Å²) in [6, 6.07) is 5.95. The zero-order valence-electron chi connectivity index (χ0n) is 11.2. The van der Waals surface area contributed by atoms with Crippen molar-refractivity contribution in [1.82, 2.24) is 0 Å². The monoisotopic (exact) mass is 327 g/mol. The van der Waals surface area contributed by atoms with Gasteiger partial charge in [-0.1, -0.05) is 15.9 Å². The van der Waals surface area contributed by atoms with E-state index in [0.29, 0.717) is 30.3 Å². The van der Waals surface area contributed by atoms with Crippen LogP contribution < -0.4 is 14.2 Å². The zero-order valence-corrected chi connectivity index (χ0v) is 12.8. The third-order valence-electron chi connectivity index (χ3n) is 2.60. The molecule has 0 fully saturated rings. The van der Waals surface area contributed by atoms with Crippen LogP contribution in [0.1, 0.15) is 24.8 Å². The van der Waals surface area contributed by atoms with E-state index >= 15 is 0 Å². The van der Waals surface area contributed by atoms with Crippen molar-refractivity contribution in [3.63, 3.8) is 0 Å². The summed E-state index contributed by atoms with van der Waals surface area (Å²) in [4.78, 5) is 0. The minimum absolute atomic E-state index is 0.544. The molecule has 0 saturated heterocycles. The first-order valence-corrected chi connectivity index (χ1v) is 7.19. The molecule has 0 heterocycles. The normalized spacial score (nSPS) is 9.79. The van der Waals surface area contributed by atoms with Gasteiger partial charge in [-0.3, -0.25) is 0 Å². The largest absolute Gasteiger partial charge is 0.493 e. The second-order valence-corrected chi connectivity index (χ2v) is 4.49. The Kier molecular flexibility index (Phi) is 7.12. The fraction of sp³-hybridized carbons (Fsp3) is 0.500. The van der Waals surface area contributed by atoms with Crippen LogP contribution in [0.25, 0.3) is 0 Å². The quantitative estimate of drug-likeness (QED) is 0.540. The lowest BCUT2D eigenvalue weighted by Crippen LogP contribution is -2.02. The van der Waals surface area contributed by atoms with Gasteiger partial charge in [0.25, 0.3) is 0 Å². The Balaban J connectivity index is 2.77. The Bertz CT molecular complexity index is 418. The molecule has 0 N–H and O–H groups in total. The number of hydrogen-bond donors (Lipinski definition) is 0. The van der Waals surface area contributed by atoms with Crippen molar-refractivity contribution in [2.45, 2.75) is 24.6 Å². The van der Waals surface area contributed by atoms with Gasteiger partial charge in [0, 0.05) is 11.8 Å². The number of ether oxygens (including phenoxy) is 3. The Morgan fingerprint density at radius 2 is 1.79 bits per heavy atom. The average molecular weight is 328 g/mol. The van der Waals surface area contributed by atoms with Crippen LogP contribution in [0.15, 0.2) is 12.1 Å². The first-order valence-electron chi connectivity index (χ1n) is 6.07. The molecule has 4 nitrogen and oxygen atoms in total. The van der Waals surface area contributed by atoms with Gasteiger partial charge in [0.05, 0.1) is 26.9 Å². The van der Waals surface area contributed by atoms with Gasteiger partial charge in [0.1, 0.15) is 0 Å². The standard InChI is InChI=1S/C14H18BrNO3/c1-17-12-8-11(10-15)9-13(18-2)14(12)19-7-5-3-4-6-16/h8-9H,3-5,7,10H2,1-2H3. The van der Waals surface area contributed by atoms with E-state index in [1.807, 2.05) is 12.1 Å². The summed E-state index contributed by atoms with van der Waals surface area (Å²) in [5.74, 6) is 1.94. The van der Waals surface area contributed by atoms with Gasteiger partial charge in [0.2, 0.25) is 5.75 Å². The summed E-state index contributed by atoms with van der Waals surface area (Å²) >= 11 is 3.41. The SMILES string of the molecule is COc1cc(CBr)cc(OC)c1OCCCCC#N. The van der Waals surface area contributed by atoms with Gasteiger partial charge in [-0.2, -0.15) is 5.26 Å². The number of methoxy groups -OCH3 is 2. The Labute approximate surface area is 122 Å². The van der Waals surface area contributed by atoms with E-state index in [0.717, 1.165) is 23.7 Å². The van der Waals surface area contributed by atoms with Gasteiger partial charge in [-0.15, -0.1) is 0 Å². The van der Waals surface area contributed by atoms with Crippen molar-refractivity contribution >= 4 is 15.9 Å². The first kappa shape index (κ1) is 15.6. The summed E-state index contributed by atoms with van der Waals surface area (Å²) in [6.45, 7) is 0.544. The molecule has 0 saturated carbocycles. The van der Waals surface area contributed by atoms with Crippen LogP contribution in [0.4, 0.5) is 0 Å². The minimum Gasteiger partial charge on any atom is -0.493 e. The molecule has 1 rings (SSSR count). The highest BCUT2D eigenvalue weighted by Crippen LogP contribution is 2.39. The predicted molar refractivity (Wildman–Crippen MR) is 77.1 cm³/mol. The second-order valence-electron chi connectivity index (χ2n) is 3.93. The van der Waals surface area contributed by atoms with Crippen molar-refractivity contribution in [2.75, 3.05) is 20.8 Å². The van der Waals surface area contributed by atoms with Crippen molar-refractivity contribution < 1.29 is 14.2 Å². The van der Waals surface area contributed by atoms with E-state index in [-0.39, 0.29) is 0 Å². The van der Waals surface area contributed by atoms with E-state index in [2.05, 4.69) is 22.0 Å². The van der Waals surface area contributed by atoms with Crippen LogP contribution in [0.2, 0.25) is 0 Å². The third-order valence-corrected chi connectivity index (χ3v) is 3.25. The highest BCUT2D eigenvalue weighted by molar-refractivity contribution is 9.08. The number of nitriles is 1. The summed E-state index contributed by atoms with van der Waals surface area (Å²) in [5.41, 5.74) is 1.06. The van der Waals surface area contributed by atoms with Crippen LogP contribution in [-0.4, -0.2) is 20.8 Å². The predicted octanol–water partition coefficient (Wildman–Crippen LogP) is 3.67. The van der Waals surface area contributed by atoms with Crippen LogP contribution in [0.5, 0.6) is 17.2 Å². The van der Waals surface area contributed by atoms with E-state index in [1.165, 1.54) is 0 Å². The van der Waals surface area contributed by atoms with Gasteiger partial charge >= 0.3 is 0 Å². The first-order chi connectivity index (χ1) is 9.26. The highest BCUT2D eigenvalue weighted by Gasteiger charge is 2.13. The molecule has 5 heteroatoms. The average Bonchev–Trinajstić information content (AvgIpc) is 2.46. The van der Waals surface area contributed by atoms with Crippen molar-refractivity contribution in [1.29, 1.82) is 5.26 Å². The number of nitrogens with zero attached hydrogens (tertiary/aromatic N) is 1. The fourth-order valence-corrected chi connectivity index (χ4v) is 1.96. The molecule has 0 unspecified atom stereocenters. The van der Waals surface area contributed by atoms with Crippen molar-refractivity contribution in [3.8, 4) is 23.3 Å². The molecular formula is C14H18BrNO3. The van der Waals surface area contributed by atoms with Crippen LogP contribution in [0.3, 0.4) is 0 Å². The van der Waals surface area contributed by atoms with E-state index < -0.39 is 0 Å². The maximum atomic E-state index is 8.47. The number of rotatable bonds is 8. The topological polar surface area (TPSA) is 51.5 Å². The maximum Gasteiger partial charge on any atom is 0.203 e. The van der Waals surface area contributed by atoms with Crippen LogP contribution in [-0.2, 0) is 5.33 Å². The van der Waals surface area contributed by atoms with E-state index in [9.17, 15) is 0 Å². The molecule has 1 aromatic carbocycles. The van der Waals surface area contributed by atoms with Gasteiger partial charge in [-0.25, -0.2) is 0 Å². The van der Waals surface area contributed by atoms with Gasteiger partial charge < -0.3 is 14.2 Å². The summed E-state index contributed by atoms with van der Waals surface area (Å²) in [5, 5.41) is 9.19. The van der Waals surface area contributed by atoms with Crippen LogP contribution in [0, 0.1) is 11.3 Å².